The van der Waals surface area contributed by atoms with Crippen LogP contribution in [0.5, 0.6) is 0 Å². The summed E-state index contributed by atoms with van der Waals surface area (Å²) < 4.78 is 2.01. The summed E-state index contributed by atoms with van der Waals surface area (Å²) in [5.74, 6) is 0.931. The van der Waals surface area contributed by atoms with Crippen LogP contribution in [-0.2, 0) is 6.54 Å². The summed E-state index contributed by atoms with van der Waals surface area (Å²) in [5, 5.41) is 7.44. The molecule has 2 heterocycles. The van der Waals surface area contributed by atoms with Crippen molar-refractivity contribution in [1.29, 1.82) is 0 Å². The minimum Gasteiger partial charge on any atom is -0.316 e. The van der Waals surface area contributed by atoms with E-state index in [-0.39, 0.29) is 0 Å². The summed E-state index contributed by atoms with van der Waals surface area (Å²) in [6, 6.07) is 1.98. The minimum atomic E-state index is 0.931. The van der Waals surface area contributed by atoms with E-state index in [9.17, 15) is 0 Å². The van der Waals surface area contributed by atoms with Gasteiger partial charge in [-0.15, -0.1) is 0 Å². The van der Waals surface area contributed by atoms with Gasteiger partial charge >= 0.3 is 0 Å². The molecular weight excluding hydrogens is 150 g/mol. The second kappa shape index (κ2) is 3.72. The van der Waals surface area contributed by atoms with Gasteiger partial charge in [0.2, 0.25) is 0 Å². The predicted molar refractivity (Wildman–Crippen MR) is 47.8 cm³/mol. The number of rotatable bonds is 4. The van der Waals surface area contributed by atoms with Gasteiger partial charge in [0.05, 0.1) is 0 Å². The lowest BCUT2D eigenvalue weighted by Crippen LogP contribution is -2.41. The van der Waals surface area contributed by atoms with E-state index in [1.807, 2.05) is 23.1 Å². The van der Waals surface area contributed by atoms with E-state index in [1.165, 1.54) is 25.9 Å². The summed E-state index contributed by atoms with van der Waals surface area (Å²) >= 11 is 0. The highest BCUT2D eigenvalue weighted by molar-refractivity contribution is 4.78. The molecule has 12 heavy (non-hydrogen) atoms. The summed E-state index contributed by atoms with van der Waals surface area (Å²) in [4.78, 5) is 0. The lowest BCUT2D eigenvalue weighted by molar-refractivity contribution is 0.312. The molecule has 1 aliphatic heterocycles. The first-order valence-corrected chi connectivity index (χ1v) is 4.63. The van der Waals surface area contributed by atoms with Crippen LogP contribution >= 0.6 is 0 Å². The standard InChI is InChI=1S/C9H15N3/c1(3-9-7-10-8-9)5-12-6-2-4-11-12/h2,4,6,9-10H,1,3,5,7-8H2. The van der Waals surface area contributed by atoms with Crippen LogP contribution < -0.4 is 5.32 Å². The zero-order valence-electron chi connectivity index (χ0n) is 7.24. The third-order valence-electron chi connectivity index (χ3n) is 2.42. The van der Waals surface area contributed by atoms with Crippen LogP contribution in [0.4, 0.5) is 0 Å². The first kappa shape index (κ1) is 7.80. The van der Waals surface area contributed by atoms with E-state index in [1.54, 1.807) is 0 Å². The zero-order chi connectivity index (χ0) is 8.23. The Bertz CT molecular complexity index is 214. The first-order chi connectivity index (χ1) is 5.95. The van der Waals surface area contributed by atoms with Gasteiger partial charge in [0.1, 0.15) is 0 Å². The fraction of sp³-hybridized carbons (Fsp3) is 0.667. The highest BCUT2D eigenvalue weighted by Gasteiger charge is 2.15. The highest BCUT2D eigenvalue weighted by atomic mass is 15.3. The van der Waals surface area contributed by atoms with Crippen LogP contribution in [0.15, 0.2) is 18.5 Å². The molecule has 3 nitrogen and oxygen atoms in total. The molecule has 0 bridgehead atoms. The van der Waals surface area contributed by atoms with Crippen molar-refractivity contribution in [2.24, 2.45) is 5.92 Å². The summed E-state index contributed by atoms with van der Waals surface area (Å²) in [7, 11) is 0. The molecule has 0 amide bonds. The lowest BCUT2D eigenvalue weighted by atomic mass is 9.98. The van der Waals surface area contributed by atoms with E-state index in [4.69, 9.17) is 0 Å². The topological polar surface area (TPSA) is 29.9 Å². The van der Waals surface area contributed by atoms with Crippen LogP contribution in [0, 0.1) is 5.92 Å². The minimum absolute atomic E-state index is 0.931. The number of nitrogens with one attached hydrogen (secondary N) is 1. The van der Waals surface area contributed by atoms with Crippen molar-refractivity contribution in [3.8, 4) is 0 Å². The van der Waals surface area contributed by atoms with E-state index in [2.05, 4.69) is 10.4 Å². The van der Waals surface area contributed by atoms with Crippen molar-refractivity contribution in [3.05, 3.63) is 18.5 Å². The van der Waals surface area contributed by atoms with E-state index in [0.29, 0.717) is 0 Å². The molecule has 1 fully saturated rings. The van der Waals surface area contributed by atoms with Crippen molar-refractivity contribution >= 4 is 0 Å². The normalized spacial score (nSPS) is 17.7. The highest BCUT2D eigenvalue weighted by Crippen LogP contribution is 2.11. The predicted octanol–water partition coefficient (Wildman–Crippen LogP) is 0.883. The molecule has 0 spiro atoms. The molecule has 0 aromatic carbocycles. The van der Waals surface area contributed by atoms with Crippen LogP contribution in [0.1, 0.15) is 12.8 Å². The maximum atomic E-state index is 4.16. The largest absolute Gasteiger partial charge is 0.316 e. The molecule has 0 saturated carbocycles. The van der Waals surface area contributed by atoms with Crippen LogP contribution in [0.2, 0.25) is 0 Å². The summed E-state index contributed by atoms with van der Waals surface area (Å²) in [6.45, 7) is 3.52. The lowest BCUT2D eigenvalue weighted by Gasteiger charge is -2.26. The van der Waals surface area contributed by atoms with Gasteiger partial charge < -0.3 is 5.32 Å². The maximum Gasteiger partial charge on any atom is 0.0489 e. The van der Waals surface area contributed by atoms with Gasteiger partial charge in [0.25, 0.3) is 0 Å². The molecule has 1 aliphatic rings. The number of aryl methyl sites for hydroxylation is 1. The summed E-state index contributed by atoms with van der Waals surface area (Å²) in [6.07, 6.45) is 6.46. The average Bonchev–Trinajstić information content (AvgIpc) is 2.46. The SMILES string of the molecule is c1cnn(CCCC2CNC2)c1. The average molecular weight is 165 g/mol. The molecule has 0 aliphatic carbocycles. The second-order valence-corrected chi connectivity index (χ2v) is 3.44. The molecule has 2 rings (SSSR count). The van der Waals surface area contributed by atoms with Gasteiger partial charge in [-0.3, -0.25) is 4.68 Å². The van der Waals surface area contributed by atoms with E-state index >= 15 is 0 Å². The van der Waals surface area contributed by atoms with Gasteiger partial charge in [0, 0.05) is 18.9 Å². The Morgan fingerprint density at radius 3 is 3.00 bits per heavy atom. The van der Waals surface area contributed by atoms with Crippen molar-refractivity contribution in [2.75, 3.05) is 13.1 Å². The van der Waals surface area contributed by atoms with Crippen molar-refractivity contribution in [2.45, 2.75) is 19.4 Å². The number of nitrogens with zero attached hydrogens (tertiary/aromatic N) is 2. The Morgan fingerprint density at radius 1 is 1.50 bits per heavy atom. The van der Waals surface area contributed by atoms with Crippen molar-refractivity contribution in [1.82, 2.24) is 15.1 Å². The number of hydrogen-bond acceptors (Lipinski definition) is 2. The third-order valence-corrected chi connectivity index (χ3v) is 2.42. The monoisotopic (exact) mass is 165 g/mol. The molecule has 1 aromatic heterocycles. The second-order valence-electron chi connectivity index (χ2n) is 3.44. The molecule has 0 radical (unpaired) electrons. The Kier molecular flexibility index (Phi) is 2.42. The molecule has 66 valence electrons. The first-order valence-electron chi connectivity index (χ1n) is 4.63. The molecule has 3 heteroatoms. The molecule has 1 saturated heterocycles. The fourth-order valence-corrected chi connectivity index (χ4v) is 1.53. The van der Waals surface area contributed by atoms with Crippen molar-refractivity contribution in [3.63, 3.8) is 0 Å². The van der Waals surface area contributed by atoms with Crippen LogP contribution in [0.25, 0.3) is 0 Å². The maximum absolute atomic E-state index is 4.16. The molecular formula is C9H15N3. The van der Waals surface area contributed by atoms with Gasteiger partial charge in [-0.05, 0) is 37.9 Å². The molecule has 1 aromatic rings. The quantitative estimate of drug-likeness (QED) is 0.718. The number of hydrogen-bond donors (Lipinski definition) is 1. The Balaban J connectivity index is 1.62. The van der Waals surface area contributed by atoms with Gasteiger partial charge in [0.15, 0.2) is 0 Å². The van der Waals surface area contributed by atoms with E-state index < -0.39 is 0 Å². The fourth-order valence-electron chi connectivity index (χ4n) is 1.53. The van der Waals surface area contributed by atoms with Gasteiger partial charge in [-0.1, -0.05) is 0 Å². The van der Waals surface area contributed by atoms with Crippen molar-refractivity contribution < 1.29 is 0 Å². The number of aromatic nitrogens is 2. The summed E-state index contributed by atoms with van der Waals surface area (Å²) in [5.41, 5.74) is 0. The van der Waals surface area contributed by atoms with Crippen LogP contribution in [0.3, 0.4) is 0 Å². The molecule has 1 N–H and O–H groups in total. The smallest absolute Gasteiger partial charge is 0.0489 e. The van der Waals surface area contributed by atoms with Gasteiger partial charge in [-0.25, -0.2) is 0 Å². The Morgan fingerprint density at radius 2 is 2.42 bits per heavy atom. The Hall–Kier alpha value is -0.830. The van der Waals surface area contributed by atoms with Crippen LogP contribution in [-0.4, -0.2) is 22.9 Å². The third kappa shape index (κ3) is 1.85. The van der Waals surface area contributed by atoms with E-state index in [0.717, 1.165) is 12.5 Å². The van der Waals surface area contributed by atoms with Gasteiger partial charge in [-0.2, -0.15) is 5.10 Å². The molecule has 0 atom stereocenters. The molecule has 0 unspecified atom stereocenters. The Labute approximate surface area is 72.8 Å². The zero-order valence-corrected chi connectivity index (χ0v) is 7.24.